The van der Waals surface area contributed by atoms with Gasteiger partial charge in [0.1, 0.15) is 23.2 Å². The van der Waals surface area contributed by atoms with Gasteiger partial charge in [0.25, 0.3) is 5.91 Å². The van der Waals surface area contributed by atoms with E-state index < -0.39 is 18.2 Å². The lowest BCUT2D eigenvalue weighted by atomic mass is 10.1. The van der Waals surface area contributed by atoms with Crippen LogP contribution in [0.5, 0.6) is 0 Å². The number of ether oxygens (including phenoxy) is 1. The summed E-state index contributed by atoms with van der Waals surface area (Å²) in [5.74, 6) is -1.08. The molecular formula is C31H41FN6O4. The maximum atomic E-state index is 13.9. The first kappa shape index (κ1) is 31.1. The van der Waals surface area contributed by atoms with Crippen LogP contribution in [0.1, 0.15) is 49.7 Å². The van der Waals surface area contributed by atoms with Crippen molar-refractivity contribution in [3.8, 4) is 0 Å². The summed E-state index contributed by atoms with van der Waals surface area (Å²) in [6, 6.07) is 10.2. The molecule has 0 aliphatic carbocycles. The number of pyridine rings is 1. The number of aromatic nitrogens is 2. The fraction of sp³-hybridized carbons (Fsp3) is 0.484. The molecule has 0 radical (unpaired) electrons. The number of rotatable bonds is 13. The average Bonchev–Trinajstić information content (AvgIpc) is 3.65. The Labute approximate surface area is 246 Å². The second-order valence-corrected chi connectivity index (χ2v) is 10.7. The van der Waals surface area contributed by atoms with Gasteiger partial charge in [0.2, 0.25) is 11.8 Å². The average molecular weight is 581 g/mol. The van der Waals surface area contributed by atoms with Gasteiger partial charge in [0.15, 0.2) is 0 Å². The van der Waals surface area contributed by atoms with E-state index in [2.05, 4.69) is 15.6 Å². The summed E-state index contributed by atoms with van der Waals surface area (Å²) in [5.41, 5.74) is 1.87. The number of benzene rings is 1. The smallest absolute Gasteiger partial charge is 0.274 e. The lowest BCUT2D eigenvalue weighted by Gasteiger charge is -2.34. The Morgan fingerprint density at radius 2 is 1.93 bits per heavy atom. The summed E-state index contributed by atoms with van der Waals surface area (Å²) >= 11 is 0. The van der Waals surface area contributed by atoms with E-state index in [0.717, 1.165) is 12.0 Å². The van der Waals surface area contributed by atoms with Crippen LogP contribution in [-0.2, 0) is 20.7 Å². The largest absolute Gasteiger partial charge is 0.376 e. The van der Waals surface area contributed by atoms with Crippen LogP contribution in [0.4, 0.5) is 4.39 Å². The second kappa shape index (κ2) is 14.4. The van der Waals surface area contributed by atoms with E-state index >= 15 is 0 Å². The van der Waals surface area contributed by atoms with Crippen LogP contribution in [0.25, 0.3) is 5.65 Å². The second-order valence-electron chi connectivity index (χ2n) is 10.7. The van der Waals surface area contributed by atoms with E-state index in [4.69, 9.17) is 4.74 Å². The standard InChI is InChI=1S/C31H41FN6O4/c1-5-42-22(3)28(35-29(39)21(2)33-4)31(41)38-17-8-9-25(38)19-37(18-15-23-11-13-24(32)14-12-23)30(40)26-20-36-16-7-6-10-27(36)34-26/h6-7,10-14,16,20-22,25,28,33H,5,8-9,15,17-19H2,1-4H3,(H,35,39). The molecule has 226 valence electrons. The fourth-order valence-corrected chi connectivity index (χ4v) is 5.29. The summed E-state index contributed by atoms with van der Waals surface area (Å²) in [4.78, 5) is 48.5. The summed E-state index contributed by atoms with van der Waals surface area (Å²) in [6.07, 6.45) is 5.02. The zero-order chi connectivity index (χ0) is 30.2. The monoisotopic (exact) mass is 580 g/mol. The summed E-state index contributed by atoms with van der Waals surface area (Å²) < 4.78 is 21.0. The van der Waals surface area contributed by atoms with Crippen molar-refractivity contribution in [3.63, 3.8) is 0 Å². The van der Waals surface area contributed by atoms with Crippen molar-refractivity contribution in [1.29, 1.82) is 0 Å². The number of nitrogens with zero attached hydrogens (tertiary/aromatic N) is 4. The molecule has 1 aliphatic heterocycles. The number of hydrogen-bond donors (Lipinski definition) is 2. The van der Waals surface area contributed by atoms with E-state index in [1.807, 2.05) is 31.3 Å². The van der Waals surface area contributed by atoms with E-state index in [-0.39, 0.29) is 29.6 Å². The van der Waals surface area contributed by atoms with Gasteiger partial charge >= 0.3 is 0 Å². The van der Waals surface area contributed by atoms with Gasteiger partial charge in [-0.2, -0.15) is 0 Å². The molecule has 3 aromatic rings. The molecule has 11 heteroatoms. The maximum Gasteiger partial charge on any atom is 0.274 e. The number of imidazole rings is 1. The molecule has 2 N–H and O–H groups in total. The highest BCUT2D eigenvalue weighted by molar-refractivity contribution is 5.93. The predicted molar refractivity (Wildman–Crippen MR) is 157 cm³/mol. The van der Waals surface area contributed by atoms with Crippen LogP contribution in [0.15, 0.2) is 54.9 Å². The zero-order valence-electron chi connectivity index (χ0n) is 24.8. The minimum absolute atomic E-state index is 0.228. The molecule has 10 nitrogen and oxygen atoms in total. The van der Waals surface area contributed by atoms with E-state index in [0.29, 0.717) is 50.4 Å². The summed E-state index contributed by atoms with van der Waals surface area (Å²) in [7, 11) is 1.68. The highest BCUT2D eigenvalue weighted by Gasteiger charge is 2.38. The van der Waals surface area contributed by atoms with Crippen molar-refractivity contribution in [3.05, 3.63) is 71.9 Å². The molecule has 3 heterocycles. The SMILES string of the molecule is CCOC(C)C(NC(=O)C(C)NC)C(=O)N1CCCC1CN(CCc1ccc(F)cc1)C(=O)c1cn2ccccc2n1. The van der Waals surface area contributed by atoms with Crippen LogP contribution in [-0.4, -0.2) is 94.4 Å². The molecule has 0 saturated carbocycles. The van der Waals surface area contributed by atoms with Crippen molar-refractivity contribution in [2.75, 3.05) is 33.3 Å². The van der Waals surface area contributed by atoms with E-state index in [9.17, 15) is 18.8 Å². The quantitative estimate of drug-likeness (QED) is 0.322. The van der Waals surface area contributed by atoms with Crippen molar-refractivity contribution in [2.24, 2.45) is 0 Å². The Morgan fingerprint density at radius 3 is 2.62 bits per heavy atom. The number of nitrogens with one attached hydrogen (secondary N) is 2. The van der Waals surface area contributed by atoms with Gasteiger partial charge in [-0.25, -0.2) is 9.37 Å². The maximum absolute atomic E-state index is 13.9. The highest BCUT2D eigenvalue weighted by Crippen LogP contribution is 2.22. The number of likely N-dealkylation sites (tertiary alicyclic amines) is 1. The van der Waals surface area contributed by atoms with Crippen LogP contribution < -0.4 is 10.6 Å². The third kappa shape index (κ3) is 7.51. The highest BCUT2D eigenvalue weighted by atomic mass is 19.1. The Kier molecular flexibility index (Phi) is 10.6. The van der Waals surface area contributed by atoms with E-state index in [1.165, 1.54) is 12.1 Å². The first-order chi connectivity index (χ1) is 20.2. The van der Waals surface area contributed by atoms with Crippen LogP contribution >= 0.6 is 0 Å². The molecule has 1 saturated heterocycles. The van der Waals surface area contributed by atoms with Crippen LogP contribution in [0, 0.1) is 5.82 Å². The Morgan fingerprint density at radius 1 is 1.17 bits per heavy atom. The molecule has 0 bridgehead atoms. The van der Waals surface area contributed by atoms with Gasteiger partial charge in [-0.05, 0) is 76.9 Å². The van der Waals surface area contributed by atoms with Gasteiger partial charge in [-0.1, -0.05) is 18.2 Å². The molecule has 4 unspecified atom stereocenters. The van der Waals surface area contributed by atoms with Crippen LogP contribution in [0.3, 0.4) is 0 Å². The lowest BCUT2D eigenvalue weighted by Crippen LogP contribution is -2.58. The number of likely N-dealkylation sites (N-methyl/N-ethyl adjacent to an activating group) is 1. The number of amides is 3. The number of halogens is 1. The fourth-order valence-electron chi connectivity index (χ4n) is 5.29. The predicted octanol–water partition coefficient (Wildman–Crippen LogP) is 2.67. The summed E-state index contributed by atoms with van der Waals surface area (Å²) in [5, 5.41) is 5.78. The third-order valence-corrected chi connectivity index (χ3v) is 7.83. The molecule has 4 rings (SSSR count). The zero-order valence-corrected chi connectivity index (χ0v) is 24.8. The minimum Gasteiger partial charge on any atom is -0.376 e. The van der Waals surface area contributed by atoms with Gasteiger partial charge < -0.3 is 29.6 Å². The summed E-state index contributed by atoms with van der Waals surface area (Å²) in [6.45, 7) is 6.94. The normalized spacial score (nSPS) is 17.2. The van der Waals surface area contributed by atoms with Gasteiger partial charge in [0, 0.05) is 44.7 Å². The Balaban J connectivity index is 1.56. The van der Waals surface area contributed by atoms with E-state index in [1.54, 1.807) is 53.4 Å². The molecule has 2 aromatic heterocycles. The van der Waals surface area contributed by atoms with Crippen molar-refractivity contribution in [1.82, 2.24) is 29.8 Å². The first-order valence-electron chi connectivity index (χ1n) is 14.6. The Hall–Kier alpha value is -3.83. The van der Waals surface area contributed by atoms with Crippen molar-refractivity contribution >= 4 is 23.4 Å². The lowest BCUT2D eigenvalue weighted by molar-refractivity contribution is -0.141. The first-order valence-corrected chi connectivity index (χ1v) is 14.6. The molecular weight excluding hydrogens is 539 g/mol. The minimum atomic E-state index is -0.865. The topological polar surface area (TPSA) is 108 Å². The number of fused-ring (bicyclic) bond motifs is 1. The molecule has 1 aromatic carbocycles. The molecule has 42 heavy (non-hydrogen) atoms. The third-order valence-electron chi connectivity index (χ3n) is 7.83. The van der Waals surface area contributed by atoms with Gasteiger partial charge in [0.05, 0.1) is 12.1 Å². The molecule has 1 aliphatic rings. The van der Waals surface area contributed by atoms with Crippen molar-refractivity contribution < 1.29 is 23.5 Å². The molecule has 1 fully saturated rings. The van der Waals surface area contributed by atoms with Crippen molar-refractivity contribution in [2.45, 2.75) is 64.3 Å². The molecule has 4 atom stereocenters. The van der Waals surface area contributed by atoms with Crippen LogP contribution in [0.2, 0.25) is 0 Å². The number of hydrogen-bond acceptors (Lipinski definition) is 6. The molecule has 3 amide bonds. The van der Waals surface area contributed by atoms with Gasteiger partial charge in [-0.3, -0.25) is 14.4 Å². The van der Waals surface area contributed by atoms with Gasteiger partial charge in [-0.15, -0.1) is 0 Å². The Bertz CT molecular complexity index is 1330. The number of carbonyl (C=O) groups excluding carboxylic acids is 3. The molecule has 0 spiro atoms. The number of carbonyl (C=O) groups is 3.